The molecule has 2 rings (SSSR count). The van der Waals surface area contributed by atoms with Crippen LogP contribution in [0.15, 0.2) is 18.2 Å². The lowest BCUT2D eigenvalue weighted by atomic mass is 10.2. The highest BCUT2D eigenvalue weighted by molar-refractivity contribution is 5.63. The molecule has 0 aromatic heterocycles. The van der Waals surface area contributed by atoms with E-state index in [2.05, 4.69) is 0 Å². The first-order chi connectivity index (χ1) is 8.08. The molecule has 1 heterocycles. The maximum atomic E-state index is 10.6. The normalized spacial score (nSPS) is 12.2. The molecule has 8 nitrogen and oxygen atoms in total. The molecule has 1 amide bonds. The van der Waals surface area contributed by atoms with Gasteiger partial charge in [0.25, 0.3) is 0 Å². The number of hydrogen-bond acceptors (Lipinski definition) is 5. The van der Waals surface area contributed by atoms with Crippen molar-refractivity contribution in [3.8, 4) is 11.5 Å². The number of nitro groups is 1. The maximum Gasteiger partial charge on any atom is 0.466 e. The Kier molecular flexibility index (Phi) is 2.69. The third-order valence-electron chi connectivity index (χ3n) is 2.19. The van der Waals surface area contributed by atoms with Crippen LogP contribution in [0.2, 0.25) is 0 Å². The molecule has 1 aliphatic rings. The van der Waals surface area contributed by atoms with Gasteiger partial charge in [0.15, 0.2) is 16.5 Å². The van der Waals surface area contributed by atoms with E-state index < -0.39 is 11.1 Å². The van der Waals surface area contributed by atoms with Crippen LogP contribution in [-0.2, 0) is 6.54 Å². The van der Waals surface area contributed by atoms with E-state index in [0.717, 1.165) is 0 Å². The predicted octanol–water partition coefficient (Wildman–Crippen LogP) is 1.09. The molecule has 8 heteroatoms. The van der Waals surface area contributed by atoms with Gasteiger partial charge in [0.2, 0.25) is 6.79 Å². The van der Waals surface area contributed by atoms with Crippen molar-refractivity contribution in [2.24, 2.45) is 0 Å². The zero-order valence-electron chi connectivity index (χ0n) is 8.53. The lowest BCUT2D eigenvalue weighted by molar-refractivity contribution is -0.638. The summed E-state index contributed by atoms with van der Waals surface area (Å²) in [6, 6.07) is 4.65. The van der Waals surface area contributed by atoms with E-state index in [0.29, 0.717) is 17.1 Å². The van der Waals surface area contributed by atoms with Crippen LogP contribution >= 0.6 is 0 Å². The Hall–Kier alpha value is -2.51. The van der Waals surface area contributed by atoms with Crippen LogP contribution in [0.4, 0.5) is 4.79 Å². The Morgan fingerprint density at radius 3 is 2.82 bits per heavy atom. The summed E-state index contributed by atoms with van der Waals surface area (Å²) in [5.74, 6) is 0.993. The highest BCUT2D eigenvalue weighted by Gasteiger charge is 2.24. The molecule has 0 spiro atoms. The number of fused-ring (bicyclic) bond motifs is 1. The Balaban J connectivity index is 2.18. The number of benzene rings is 1. The van der Waals surface area contributed by atoms with Gasteiger partial charge in [0.05, 0.1) is 0 Å². The topological polar surface area (TPSA) is 102 Å². The number of amides is 1. The average molecular weight is 240 g/mol. The van der Waals surface area contributed by atoms with Gasteiger partial charge in [0.1, 0.15) is 6.54 Å². The van der Waals surface area contributed by atoms with Crippen molar-refractivity contribution in [3.63, 3.8) is 0 Å². The first-order valence-corrected chi connectivity index (χ1v) is 4.61. The highest BCUT2D eigenvalue weighted by Crippen LogP contribution is 2.32. The van der Waals surface area contributed by atoms with E-state index in [-0.39, 0.29) is 18.3 Å². The summed E-state index contributed by atoms with van der Waals surface area (Å²) in [6.45, 7) is -0.254. The largest absolute Gasteiger partial charge is 0.466 e. The number of hydrazine groups is 1. The summed E-state index contributed by atoms with van der Waals surface area (Å²) in [5, 5.41) is 18.2. The minimum Gasteiger partial charge on any atom is -0.461 e. The highest BCUT2D eigenvalue weighted by atomic mass is 16.7. The monoisotopic (exact) mass is 240 g/mol. The number of carboxylic acid groups (broad SMARTS) is 1. The minimum absolute atomic E-state index is 0.0939. The van der Waals surface area contributed by atoms with Gasteiger partial charge in [-0.1, -0.05) is 6.07 Å². The van der Waals surface area contributed by atoms with Gasteiger partial charge in [-0.15, -0.1) is 0 Å². The predicted molar refractivity (Wildman–Crippen MR) is 53.1 cm³/mol. The molecule has 0 unspecified atom stereocenters. The van der Waals surface area contributed by atoms with Crippen LogP contribution in [0.25, 0.3) is 0 Å². The molecule has 0 saturated heterocycles. The summed E-state index contributed by atoms with van der Waals surface area (Å²) >= 11 is 0. The van der Waals surface area contributed by atoms with Gasteiger partial charge in [-0.3, -0.25) is 0 Å². The van der Waals surface area contributed by atoms with E-state index in [1.54, 1.807) is 12.1 Å². The summed E-state index contributed by atoms with van der Waals surface area (Å²) in [5.41, 5.74) is 0.452. The van der Waals surface area contributed by atoms with E-state index in [9.17, 15) is 14.9 Å². The van der Waals surface area contributed by atoms with Crippen molar-refractivity contribution >= 4 is 6.09 Å². The van der Waals surface area contributed by atoms with Gasteiger partial charge in [0, 0.05) is 0 Å². The van der Waals surface area contributed by atoms with E-state index in [1.807, 2.05) is 0 Å². The molecule has 1 aromatic rings. The smallest absolute Gasteiger partial charge is 0.461 e. The number of ether oxygens (including phenoxy) is 2. The maximum absolute atomic E-state index is 10.6. The van der Waals surface area contributed by atoms with Gasteiger partial charge in [-0.2, -0.15) is 0 Å². The Bertz CT molecular complexity index is 461. The number of carbonyl (C=O) groups is 1. The number of rotatable bonds is 3. The third kappa shape index (κ3) is 2.19. The molecule has 0 aliphatic carbocycles. The lowest BCUT2D eigenvalue weighted by Gasteiger charge is -2.08. The summed E-state index contributed by atoms with van der Waals surface area (Å²) in [4.78, 5) is 21.1. The van der Waals surface area contributed by atoms with Crippen molar-refractivity contribution in [1.82, 2.24) is 5.01 Å². The first-order valence-electron chi connectivity index (χ1n) is 4.61. The summed E-state index contributed by atoms with van der Waals surface area (Å²) in [6.07, 6.45) is -1.62. The zero-order valence-corrected chi connectivity index (χ0v) is 8.53. The fourth-order valence-corrected chi connectivity index (χ4v) is 1.41. The second-order valence-corrected chi connectivity index (χ2v) is 3.27. The van der Waals surface area contributed by atoms with Crippen molar-refractivity contribution in [3.05, 3.63) is 33.9 Å². The molecule has 0 bridgehead atoms. The van der Waals surface area contributed by atoms with Crippen LogP contribution in [0.1, 0.15) is 5.56 Å². The Morgan fingerprint density at radius 1 is 1.47 bits per heavy atom. The molecule has 1 aromatic carbocycles. The van der Waals surface area contributed by atoms with E-state index in [1.165, 1.54) is 6.07 Å². The van der Waals surface area contributed by atoms with E-state index >= 15 is 0 Å². The molecule has 0 saturated carbocycles. The fourth-order valence-electron chi connectivity index (χ4n) is 1.41. The average Bonchev–Trinajstić information content (AvgIpc) is 2.71. The third-order valence-corrected chi connectivity index (χ3v) is 2.19. The molecular formula is C9H8N2O6. The van der Waals surface area contributed by atoms with Crippen LogP contribution in [0.3, 0.4) is 0 Å². The number of nitrogens with zero attached hydrogens (tertiary/aromatic N) is 2. The van der Waals surface area contributed by atoms with Crippen molar-refractivity contribution < 1.29 is 24.4 Å². The van der Waals surface area contributed by atoms with Crippen LogP contribution < -0.4 is 9.47 Å². The zero-order chi connectivity index (χ0) is 12.4. The van der Waals surface area contributed by atoms with Crippen molar-refractivity contribution in [1.29, 1.82) is 0 Å². The Morgan fingerprint density at radius 2 is 2.18 bits per heavy atom. The van der Waals surface area contributed by atoms with Crippen molar-refractivity contribution in [2.75, 3.05) is 6.79 Å². The molecule has 1 aliphatic heterocycles. The van der Waals surface area contributed by atoms with Gasteiger partial charge in [-0.05, 0) is 22.7 Å². The van der Waals surface area contributed by atoms with Crippen molar-refractivity contribution in [2.45, 2.75) is 6.54 Å². The second-order valence-electron chi connectivity index (χ2n) is 3.27. The second kappa shape index (κ2) is 4.16. The summed E-state index contributed by atoms with van der Waals surface area (Å²) in [7, 11) is 0. The molecular weight excluding hydrogens is 232 g/mol. The lowest BCUT2D eigenvalue weighted by Crippen LogP contribution is -2.34. The quantitative estimate of drug-likeness (QED) is 0.626. The molecule has 0 fully saturated rings. The molecule has 0 radical (unpaired) electrons. The first kappa shape index (κ1) is 11.0. The summed E-state index contributed by atoms with van der Waals surface area (Å²) < 4.78 is 10.2. The van der Waals surface area contributed by atoms with Crippen LogP contribution in [0, 0.1) is 10.1 Å². The van der Waals surface area contributed by atoms with Gasteiger partial charge < -0.3 is 14.6 Å². The fraction of sp³-hybridized carbons (Fsp3) is 0.222. The minimum atomic E-state index is -1.62. The van der Waals surface area contributed by atoms with Crippen LogP contribution in [-0.4, -0.2) is 28.0 Å². The van der Waals surface area contributed by atoms with Gasteiger partial charge >= 0.3 is 6.09 Å². The molecule has 0 atom stereocenters. The SMILES string of the molecule is O=C(O)N(Cc1ccc2c(c1)OCO2)[N+](=O)[O-]. The van der Waals surface area contributed by atoms with Crippen LogP contribution in [0.5, 0.6) is 11.5 Å². The Labute approximate surface area is 95.1 Å². The molecule has 17 heavy (non-hydrogen) atoms. The number of hydrogen-bond donors (Lipinski definition) is 1. The van der Waals surface area contributed by atoms with E-state index in [4.69, 9.17) is 14.6 Å². The molecule has 1 N–H and O–H groups in total. The molecule has 90 valence electrons. The van der Waals surface area contributed by atoms with Gasteiger partial charge in [-0.25, -0.2) is 14.9 Å². The standard InChI is InChI=1S/C9H8N2O6/c12-9(13)10(11(14)15)4-6-1-2-7-8(3-6)17-5-16-7/h1-3H,4-5H2,(H,12,13).